The lowest BCUT2D eigenvalue weighted by Gasteiger charge is -2.15. The topological polar surface area (TPSA) is 55.1 Å². The third kappa shape index (κ3) is 5.38. The highest BCUT2D eigenvalue weighted by molar-refractivity contribution is 6.33. The minimum atomic E-state index is -4.39. The van der Waals surface area contributed by atoms with Gasteiger partial charge in [0.2, 0.25) is 5.91 Å². The molecule has 1 heterocycles. The van der Waals surface area contributed by atoms with Crippen molar-refractivity contribution in [3.63, 3.8) is 0 Å². The number of halogens is 4. The van der Waals surface area contributed by atoms with E-state index in [1.54, 1.807) is 19.2 Å². The van der Waals surface area contributed by atoms with E-state index < -0.39 is 17.8 Å². The zero-order valence-electron chi connectivity index (χ0n) is 15.5. The number of nitrogens with one attached hydrogen (secondary N) is 1. The maximum absolute atomic E-state index is 12.6. The summed E-state index contributed by atoms with van der Waals surface area (Å²) >= 11 is 6.13. The Hall–Kier alpha value is -2.80. The molecule has 1 atom stereocenters. The van der Waals surface area contributed by atoms with Gasteiger partial charge in [0.15, 0.2) is 11.7 Å². The predicted molar refractivity (Wildman–Crippen MR) is 103 cm³/mol. The molecule has 29 heavy (non-hydrogen) atoms. The molecule has 3 aromatic rings. The Morgan fingerprint density at radius 3 is 2.52 bits per heavy atom. The summed E-state index contributed by atoms with van der Waals surface area (Å²) in [5.74, 6) is 0.663. The van der Waals surface area contributed by atoms with E-state index in [1.807, 2.05) is 18.2 Å². The molecule has 0 radical (unpaired) electrons. The summed E-state index contributed by atoms with van der Waals surface area (Å²) in [6.07, 6.45) is -2.41. The van der Waals surface area contributed by atoms with Crippen LogP contribution in [0.15, 0.2) is 59.1 Å². The maximum atomic E-state index is 12.6. The van der Waals surface area contributed by atoms with Gasteiger partial charge in [0.25, 0.3) is 0 Å². The van der Waals surface area contributed by atoms with Crippen molar-refractivity contribution in [1.29, 1.82) is 0 Å². The molecule has 0 fully saturated rings. The van der Waals surface area contributed by atoms with E-state index in [0.717, 1.165) is 12.1 Å². The van der Waals surface area contributed by atoms with Crippen LogP contribution in [-0.4, -0.2) is 10.9 Å². The number of nitrogens with zero attached hydrogens (tertiary/aromatic N) is 1. The number of aryl methyl sites for hydroxylation is 1. The van der Waals surface area contributed by atoms with E-state index in [9.17, 15) is 18.0 Å². The number of amides is 1. The Balaban J connectivity index is 1.54. The van der Waals surface area contributed by atoms with E-state index in [0.29, 0.717) is 27.8 Å². The lowest BCUT2D eigenvalue weighted by atomic mass is 10.1. The van der Waals surface area contributed by atoms with Gasteiger partial charge in [-0.05, 0) is 36.8 Å². The van der Waals surface area contributed by atoms with Crippen molar-refractivity contribution < 1.29 is 22.4 Å². The first-order valence-corrected chi connectivity index (χ1v) is 9.28. The van der Waals surface area contributed by atoms with E-state index in [-0.39, 0.29) is 18.7 Å². The third-order valence-corrected chi connectivity index (χ3v) is 4.70. The summed E-state index contributed by atoms with van der Waals surface area (Å²) in [5, 5.41) is 3.30. The summed E-state index contributed by atoms with van der Waals surface area (Å²) in [4.78, 5) is 16.3. The zero-order valence-corrected chi connectivity index (χ0v) is 16.2. The Bertz CT molecular complexity index is 984. The van der Waals surface area contributed by atoms with Crippen LogP contribution in [0, 0.1) is 0 Å². The van der Waals surface area contributed by atoms with Gasteiger partial charge in [0, 0.05) is 18.4 Å². The van der Waals surface area contributed by atoms with Crippen LogP contribution in [0.3, 0.4) is 0 Å². The number of carbonyl (C=O) groups is 1. The van der Waals surface area contributed by atoms with Gasteiger partial charge in [0.1, 0.15) is 0 Å². The first-order chi connectivity index (χ1) is 13.7. The minimum Gasteiger partial charge on any atom is -0.441 e. The number of alkyl halides is 3. The second-order valence-electron chi connectivity index (χ2n) is 6.51. The van der Waals surface area contributed by atoms with Gasteiger partial charge in [-0.25, -0.2) is 4.98 Å². The fraction of sp³-hybridized carbons (Fsp3) is 0.238. The van der Waals surface area contributed by atoms with Crippen LogP contribution in [0.1, 0.15) is 36.4 Å². The van der Waals surface area contributed by atoms with Gasteiger partial charge in [-0.3, -0.25) is 4.79 Å². The highest BCUT2D eigenvalue weighted by atomic mass is 35.5. The van der Waals surface area contributed by atoms with Gasteiger partial charge < -0.3 is 9.73 Å². The van der Waals surface area contributed by atoms with Gasteiger partial charge in [-0.2, -0.15) is 13.2 Å². The first kappa shape index (κ1) is 20.9. The number of hydrogen-bond acceptors (Lipinski definition) is 3. The van der Waals surface area contributed by atoms with Gasteiger partial charge in [-0.1, -0.05) is 35.9 Å². The fourth-order valence-corrected chi connectivity index (χ4v) is 3.02. The van der Waals surface area contributed by atoms with Crippen molar-refractivity contribution in [2.45, 2.75) is 32.0 Å². The molecule has 0 aliphatic heterocycles. The van der Waals surface area contributed by atoms with Crippen LogP contribution in [0.5, 0.6) is 0 Å². The number of carbonyl (C=O) groups excluding carboxylic acids is 1. The van der Waals surface area contributed by atoms with Gasteiger partial charge >= 0.3 is 6.18 Å². The average Bonchev–Trinajstić information content (AvgIpc) is 3.15. The zero-order chi connectivity index (χ0) is 21.0. The molecule has 8 heteroatoms. The molecule has 0 unspecified atom stereocenters. The molecule has 1 N–H and O–H groups in total. The number of rotatable bonds is 6. The summed E-state index contributed by atoms with van der Waals surface area (Å²) in [6, 6.07) is 11.5. The smallest absolute Gasteiger partial charge is 0.416 e. The lowest BCUT2D eigenvalue weighted by Crippen LogP contribution is -2.26. The summed E-state index contributed by atoms with van der Waals surface area (Å²) in [7, 11) is 0. The number of hydrogen-bond donors (Lipinski definition) is 1. The third-order valence-electron chi connectivity index (χ3n) is 4.37. The highest BCUT2D eigenvalue weighted by Crippen LogP contribution is 2.30. The summed E-state index contributed by atoms with van der Waals surface area (Å²) in [5.41, 5.74) is 0.578. The van der Waals surface area contributed by atoms with E-state index in [1.165, 1.54) is 12.1 Å². The molecule has 1 aromatic heterocycles. The van der Waals surface area contributed by atoms with E-state index in [4.69, 9.17) is 16.0 Å². The Morgan fingerprint density at radius 1 is 1.17 bits per heavy atom. The molecular weight excluding hydrogens is 405 g/mol. The number of oxazole rings is 1. The molecule has 0 aliphatic carbocycles. The molecule has 0 saturated carbocycles. The van der Waals surface area contributed by atoms with Gasteiger partial charge in [0.05, 0.1) is 22.8 Å². The molecule has 152 valence electrons. The van der Waals surface area contributed by atoms with Crippen LogP contribution in [-0.2, 0) is 17.4 Å². The fourth-order valence-electron chi connectivity index (χ4n) is 2.79. The van der Waals surface area contributed by atoms with Crippen LogP contribution in [0.2, 0.25) is 5.02 Å². The molecule has 2 aromatic carbocycles. The van der Waals surface area contributed by atoms with Crippen LogP contribution in [0.4, 0.5) is 13.2 Å². The normalized spacial score (nSPS) is 12.6. The van der Waals surface area contributed by atoms with Crippen molar-refractivity contribution in [2.75, 3.05) is 0 Å². The molecule has 0 spiro atoms. The lowest BCUT2D eigenvalue weighted by molar-refractivity contribution is -0.137. The van der Waals surface area contributed by atoms with Crippen LogP contribution >= 0.6 is 11.6 Å². The minimum absolute atomic E-state index is 0.132. The van der Waals surface area contributed by atoms with Crippen molar-refractivity contribution in [1.82, 2.24) is 10.3 Å². The highest BCUT2D eigenvalue weighted by Gasteiger charge is 2.30. The average molecular weight is 423 g/mol. The van der Waals surface area contributed by atoms with Crippen molar-refractivity contribution in [3.05, 3.63) is 76.8 Å². The predicted octanol–water partition coefficient (Wildman–Crippen LogP) is 5.82. The van der Waals surface area contributed by atoms with Crippen molar-refractivity contribution >= 4 is 17.5 Å². The molecule has 0 aliphatic rings. The van der Waals surface area contributed by atoms with Crippen LogP contribution < -0.4 is 5.32 Å². The summed E-state index contributed by atoms with van der Waals surface area (Å²) < 4.78 is 43.6. The first-order valence-electron chi connectivity index (χ1n) is 8.90. The van der Waals surface area contributed by atoms with E-state index >= 15 is 0 Å². The van der Waals surface area contributed by atoms with Crippen molar-refractivity contribution in [2.24, 2.45) is 0 Å². The summed E-state index contributed by atoms with van der Waals surface area (Å²) in [6.45, 7) is 1.71. The molecule has 4 nitrogen and oxygen atoms in total. The Labute approximate surface area is 170 Å². The van der Waals surface area contributed by atoms with E-state index in [2.05, 4.69) is 10.3 Å². The van der Waals surface area contributed by atoms with Crippen molar-refractivity contribution in [3.8, 4) is 11.3 Å². The Kier molecular flexibility index (Phi) is 6.27. The largest absolute Gasteiger partial charge is 0.441 e. The van der Waals surface area contributed by atoms with Gasteiger partial charge in [-0.15, -0.1) is 0 Å². The molecule has 3 rings (SSSR count). The molecule has 1 amide bonds. The Morgan fingerprint density at radius 2 is 1.86 bits per heavy atom. The number of aromatic nitrogens is 1. The maximum Gasteiger partial charge on any atom is 0.416 e. The monoisotopic (exact) mass is 422 g/mol. The standard InChI is InChI=1S/C21H18ClF3N2O2/c1-13(14-6-8-15(9-7-14)21(23,24)25)27-19(28)10-11-20-26-12-18(29-20)16-4-2-3-5-17(16)22/h2-9,12-13H,10-11H2,1H3,(H,27,28)/t13-/m1/s1. The van der Waals surface area contributed by atoms with Crippen LogP contribution in [0.25, 0.3) is 11.3 Å². The molecule has 0 bridgehead atoms. The second kappa shape index (κ2) is 8.69. The second-order valence-corrected chi connectivity index (χ2v) is 6.91. The quantitative estimate of drug-likeness (QED) is 0.544. The molecule has 0 saturated heterocycles. The SMILES string of the molecule is C[C@@H](NC(=O)CCc1ncc(-c2ccccc2Cl)o1)c1ccc(C(F)(F)F)cc1. The molecular formula is C21H18ClF3N2O2. The number of benzene rings is 2.